The van der Waals surface area contributed by atoms with Crippen molar-refractivity contribution in [3.63, 3.8) is 0 Å². The summed E-state index contributed by atoms with van der Waals surface area (Å²) in [6, 6.07) is 43.1. The van der Waals surface area contributed by atoms with Gasteiger partial charge in [0.25, 0.3) is 0 Å². The fourth-order valence-corrected chi connectivity index (χ4v) is 5.48. The Kier molecular flexibility index (Phi) is 5.48. The Hall–Kier alpha value is -3.08. The van der Waals surface area contributed by atoms with Gasteiger partial charge in [0.1, 0.15) is 0 Å². The molecule has 0 N–H and O–H groups in total. The lowest BCUT2D eigenvalue weighted by atomic mass is 10.0. The van der Waals surface area contributed by atoms with E-state index in [1.54, 1.807) is 0 Å². The topological polar surface area (TPSA) is 0 Å². The summed E-state index contributed by atoms with van der Waals surface area (Å²) in [5.74, 6) is 2.36. The molecule has 0 aliphatic heterocycles. The van der Waals surface area contributed by atoms with Crippen LogP contribution in [0.25, 0.3) is 27.3 Å². The average molecular weight is 364 g/mol. The fourth-order valence-electron chi connectivity index (χ4n) is 3.24. The highest BCUT2D eigenvalue weighted by Gasteiger charge is 2.11. The van der Waals surface area contributed by atoms with Crippen LogP contribution < -0.4 is 0 Å². The van der Waals surface area contributed by atoms with Crippen molar-refractivity contribution in [1.82, 2.24) is 0 Å². The molecule has 0 amide bonds. The first-order valence-corrected chi connectivity index (χ1v) is 10.6. The normalized spacial score (nSPS) is 10.9. The van der Waals surface area contributed by atoms with Gasteiger partial charge in [0.15, 0.2) is 0 Å². The third kappa shape index (κ3) is 4.03. The smallest absolute Gasteiger partial charge is 0.0135 e. The largest absolute Gasteiger partial charge is 0.0847 e. The zero-order valence-corrected chi connectivity index (χ0v) is 16.0. The lowest BCUT2D eigenvalue weighted by Gasteiger charge is -2.14. The van der Waals surface area contributed by atoms with Crippen molar-refractivity contribution in [2.24, 2.45) is 0 Å². The second kappa shape index (κ2) is 8.54. The van der Waals surface area contributed by atoms with Crippen LogP contribution in [-0.4, -0.2) is 0 Å². The van der Waals surface area contributed by atoms with Crippen LogP contribution in [0.4, 0.5) is 0 Å². The van der Waals surface area contributed by atoms with E-state index in [1.807, 2.05) is 0 Å². The van der Waals surface area contributed by atoms with Crippen LogP contribution in [-0.2, 0) is 0 Å². The zero-order chi connectivity index (χ0) is 18.3. The van der Waals surface area contributed by atoms with Crippen molar-refractivity contribution >= 4 is 7.53 Å². The lowest BCUT2D eigenvalue weighted by molar-refractivity contribution is 1.63. The van der Waals surface area contributed by atoms with Crippen molar-refractivity contribution in [1.29, 1.82) is 0 Å². The Morgan fingerprint density at radius 3 is 1.56 bits per heavy atom. The highest BCUT2D eigenvalue weighted by molar-refractivity contribution is 7.59. The molecule has 0 radical (unpaired) electrons. The quantitative estimate of drug-likeness (QED) is 0.344. The Labute approximate surface area is 162 Å². The third-order valence-corrected chi connectivity index (χ3v) is 6.80. The summed E-state index contributed by atoms with van der Waals surface area (Å²) < 4.78 is 0. The van der Waals surface area contributed by atoms with E-state index >= 15 is 0 Å². The maximum atomic E-state index is 2.36. The summed E-state index contributed by atoms with van der Waals surface area (Å²) in [5.41, 5.74) is 3.82. The van der Waals surface area contributed by atoms with Crippen LogP contribution in [0.3, 0.4) is 0 Å². The van der Waals surface area contributed by atoms with Gasteiger partial charge in [0, 0.05) is 5.30 Å². The molecule has 0 saturated carbocycles. The molecule has 4 aromatic rings. The second-order valence-electron chi connectivity index (χ2n) is 6.29. The minimum absolute atomic E-state index is 0.634. The maximum Gasteiger partial charge on any atom is 0.0135 e. The molecule has 3 aromatic carbocycles. The molecule has 0 aliphatic rings. The zero-order valence-electron chi connectivity index (χ0n) is 15.1. The monoisotopic (exact) mass is 364 g/mol. The summed E-state index contributed by atoms with van der Waals surface area (Å²) >= 11 is 0. The molecule has 0 spiro atoms. The summed E-state index contributed by atoms with van der Waals surface area (Å²) in [5, 5.41) is 2.75. The van der Waals surface area contributed by atoms with E-state index in [4.69, 9.17) is 0 Å². The molecule has 0 bridgehead atoms. The summed E-state index contributed by atoms with van der Waals surface area (Å²) in [7, 11) is -0.634. The van der Waals surface area contributed by atoms with Crippen LogP contribution in [0, 0.1) is 0 Å². The first kappa shape index (κ1) is 17.3. The van der Waals surface area contributed by atoms with Crippen molar-refractivity contribution in [2.75, 3.05) is 0 Å². The standard InChI is InChI=1S/C26H21P/c1-2-13-21-27(24-18-10-5-11-19-24)26(23-16-8-4-9-17-23)25(20-12-1)22-14-6-3-7-15-22/h1-21H. The van der Waals surface area contributed by atoms with E-state index in [2.05, 4.69) is 127 Å². The molecule has 1 heteroatoms. The van der Waals surface area contributed by atoms with Gasteiger partial charge in [-0.15, -0.1) is 0 Å². The van der Waals surface area contributed by atoms with Gasteiger partial charge in [-0.25, -0.2) is 0 Å². The van der Waals surface area contributed by atoms with Crippen molar-refractivity contribution in [3.05, 3.63) is 127 Å². The SMILES string of the molecule is c1ccc(-c2ccccccp(-c3ccccc3)c2-c2ccccc2)cc1. The van der Waals surface area contributed by atoms with Crippen LogP contribution in [0.15, 0.2) is 127 Å². The maximum absolute atomic E-state index is 2.36. The molecule has 1 atom stereocenters. The lowest BCUT2D eigenvalue weighted by Crippen LogP contribution is -1.82. The molecule has 4 rings (SSSR count). The molecule has 1 heterocycles. The molecular weight excluding hydrogens is 343 g/mol. The molecule has 1 unspecified atom stereocenters. The van der Waals surface area contributed by atoms with Crippen molar-refractivity contribution in [2.45, 2.75) is 0 Å². The summed E-state index contributed by atoms with van der Waals surface area (Å²) in [4.78, 5) is 0. The number of hydrogen-bond donors (Lipinski definition) is 0. The Balaban J connectivity index is 2.15. The van der Waals surface area contributed by atoms with Gasteiger partial charge in [0.2, 0.25) is 0 Å². The Morgan fingerprint density at radius 1 is 0.407 bits per heavy atom. The Bertz CT molecular complexity index is 979. The van der Waals surface area contributed by atoms with Gasteiger partial charge in [-0.05, 0) is 27.8 Å². The number of benzene rings is 3. The molecule has 0 fully saturated rings. The van der Waals surface area contributed by atoms with Gasteiger partial charge < -0.3 is 0 Å². The van der Waals surface area contributed by atoms with Crippen LogP contribution in [0.5, 0.6) is 0 Å². The second-order valence-corrected chi connectivity index (χ2v) is 8.29. The molecule has 0 nitrogen and oxygen atoms in total. The van der Waals surface area contributed by atoms with Gasteiger partial charge in [-0.1, -0.05) is 129 Å². The predicted molar refractivity (Wildman–Crippen MR) is 119 cm³/mol. The summed E-state index contributed by atoms with van der Waals surface area (Å²) in [6.07, 6.45) is 0. The van der Waals surface area contributed by atoms with Crippen LogP contribution >= 0.6 is 7.53 Å². The van der Waals surface area contributed by atoms with Crippen molar-refractivity contribution < 1.29 is 0 Å². The van der Waals surface area contributed by atoms with Gasteiger partial charge in [-0.3, -0.25) is 0 Å². The highest BCUT2D eigenvalue weighted by Crippen LogP contribution is 2.50. The third-order valence-electron chi connectivity index (χ3n) is 4.49. The van der Waals surface area contributed by atoms with E-state index in [9.17, 15) is 0 Å². The molecule has 27 heavy (non-hydrogen) atoms. The van der Waals surface area contributed by atoms with Gasteiger partial charge in [-0.2, -0.15) is 0 Å². The molecular formula is C26H21P. The average Bonchev–Trinajstić information content (AvgIpc) is 2.86. The van der Waals surface area contributed by atoms with E-state index in [1.165, 1.54) is 27.3 Å². The first-order valence-electron chi connectivity index (χ1n) is 9.14. The van der Waals surface area contributed by atoms with E-state index in [0.717, 1.165) is 0 Å². The minimum Gasteiger partial charge on any atom is -0.0847 e. The molecule has 130 valence electrons. The van der Waals surface area contributed by atoms with E-state index in [0.29, 0.717) is 0 Å². The van der Waals surface area contributed by atoms with Crippen LogP contribution in [0.2, 0.25) is 0 Å². The highest BCUT2D eigenvalue weighted by atomic mass is 31.1. The van der Waals surface area contributed by atoms with Gasteiger partial charge in [0.05, 0.1) is 0 Å². The number of rotatable bonds is 3. The summed E-state index contributed by atoms with van der Waals surface area (Å²) in [6.45, 7) is 0. The fraction of sp³-hybridized carbons (Fsp3) is 0. The number of hydrogen-bond acceptors (Lipinski definition) is 0. The molecule has 0 saturated heterocycles. The molecule has 0 aliphatic carbocycles. The van der Waals surface area contributed by atoms with E-state index in [-0.39, 0.29) is 0 Å². The van der Waals surface area contributed by atoms with Crippen molar-refractivity contribution in [3.8, 4) is 27.3 Å². The first-order chi connectivity index (χ1) is 13.4. The van der Waals surface area contributed by atoms with Crippen LogP contribution in [0.1, 0.15) is 0 Å². The van der Waals surface area contributed by atoms with Gasteiger partial charge >= 0.3 is 0 Å². The van der Waals surface area contributed by atoms with E-state index < -0.39 is 7.53 Å². The Morgan fingerprint density at radius 2 is 0.889 bits per heavy atom. The predicted octanol–water partition coefficient (Wildman–Crippen LogP) is 8.12. The molecule has 1 aromatic heterocycles. The minimum atomic E-state index is -0.634.